The van der Waals surface area contributed by atoms with E-state index >= 15 is 0 Å². The number of fused-ring (bicyclic) bond motifs is 1. The number of halogens is 3. The highest BCUT2D eigenvalue weighted by Crippen LogP contribution is 2.29. The van der Waals surface area contributed by atoms with Crippen LogP contribution in [0.15, 0.2) is 53.8 Å². The number of carbonyl (C=O) groups excluding carboxylic acids is 1. The molecule has 1 fully saturated rings. The summed E-state index contributed by atoms with van der Waals surface area (Å²) in [4.78, 5) is 20.5. The van der Waals surface area contributed by atoms with Gasteiger partial charge in [0.1, 0.15) is 12.4 Å². The van der Waals surface area contributed by atoms with Gasteiger partial charge >= 0.3 is 6.18 Å². The zero-order valence-electron chi connectivity index (χ0n) is 18.9. The third-order valence-corrected chi connectivity index (χ3v) is 5.76. The van der Waals surface area contributed by atoms with Gasteiger partial charge in [-0.1, -0.05) is 17.3 Å². The molecule has 2 heterocycles. The average molecular weight is 489 g/mol. The third kappa shape index (κ3) is 6.98. The molecular weight excluding hydrogens is 463 g/mol. The summed E-state index contributed by atoms with van der Waals surface area (Å²) in [6.07, 6.45) is 0.782. The summed E-state index contributed by atoms with van der Waals surface area (Å²) < 4.78 is 48.9. The molecule has 1 amide bonds. The van der Waals surface area contributed by atoms with E-state index in [9.17, 15) is 18.0 Å². The van der Waals surface area contributed by atoms with Crippen molar-refractivity contribution in [1.29, 1.82) is 0 Å². The molecule has 1 aliphatic heterocycles. The third-order valence-electron chi connectivity index (χ3n) is 5.76. The first-order chi connectivity index (χ1) is 16.9. The van der Waals surface area contributed by atoms with Crippen LogP contribution in [0.5, 0.6) is 5.75 Å². The second kappa shape index (κ2) is 11.3. The van der Waals surface area contributed by atoms with Gasteiger partial charge in [-0.15, -0.1) is 0 Å². The largest absolute Gasteiger partial charge is 0.484 e. The number of alkyl halides is 3. The normalized spacial score (nSPS) is 14.9. The Morgan fingerprint density at radius 3 is 2.69 bits per heavy atom. The molecule has 0 bridgehead atoms. The zero-order chi connectivity index (χ0) is 24.7. The van der Waals surface area contributed by atoms with Crippen LogP contribution in [-0.4, -0.2) is 43.5 Å². The van der Waals surface area contributed by atoms with Gasteiger partial charge in [-0.05, 0) is 54.7 Å². The van der Waals surface area contributed by atoms with Crippen molar-refractivity contribution in [3.63, 3.8) is 0 Å². The molecule has 4 rings (SSSR count). The predicted octanol–water partition coefficient (Wildman–Crippen LogP) is 4.66. The van der Waals surface area contributed by atoms with Gasteiger partial charge in [0.25, 0.3) is 5.91 Å². The van der Waals surface area contributed by atoms with Crippen LogP contribution in [0.4, 0.5) is 13.2 Å². The molecular formula is C25H26F3N3O4. The van der Waals surface area contributed by atoms with Crippen molar-refractivity contribution in [3.8, 4) is 5.75 Å². The van der Waals surface area contributed by atoms with Gasteiger partial charge < -0.3 is 24.6 Å². The molecule has 0 atom stereocenters. The molecule has 0 aliphatic carbocycles. The molecule has 0 spiro atoms. The van der Waals surface area contributed by atoms with Gasteiger partial charge in [-0.3, -0.25) is 4.79 Å². The van der Waals surface area contributed by atoms with Crippen LogP contribution < -0.4 is 10.1 Å². The Labute approximate surface area is 200 Å². The lowest BCUT2D eigenvalue weighted by molar-refractivity contribution is -0.137. The highest BCUT2D eigenvalue weighted by molar-refractivity contribution is 5.99. The van der Waals surface area contributed by atoms with Gasteiger partial charge in [0.15, 0.2) is 6.61 Å². The number of H-pyrrole nitrogens is 1. The van der Waals surface area contributed by atoms with Crippen molar-refractivity contribution >= 4 is 23.0 Å². The minimum absolute atomic E-state index is 0.0361. The molecule has 35 heavy (non-hydrogen) atoms. The van der Waals surface area contributed by atoms with Crippen LogP contribution >= 0.6 is 0 Å². The fraction of sp³-hybridized carbons (Fsp3) is 0.360. The molecule has 3 aromatic rings. The number of hydrogen-bond donors (Lipinski definition) is 2. The van der Waals surface area contributed by atoms with Gasteiger partial charge in [0.2, 0.25) is 0 Å². The van der Waals surface area contributed by atoms with E-state index in [-0.39, 0.29) is 19.1 Å². The van der Waals surface area contributed by atoms with E-state index in [2.05, 4.69) is 15.5 Å². The fourth-order valence-electron chi connectivity index (χ4n) is 3.72. The van der Waals surface area contributed by atoms with Gasteiger partial charge in [-0.25, -0.2) is 0 Å². The molecule has 2 aromatic carbocycles. The number of rotatable bonds is 9. The predicted molar refractivity (Wildman–Crippen MR) is 124 cm³/mol. The Bertz CT molecular complexity index is 1150. The van der Waals surface area contributed by atoms with Crippen molar-refractivity contribution in [1.82, 2.24) is 10.3 Å². The van der Waals surface area contributed by atoms with E-state index in [1.54, 1.807) is 18.3 Å². The maximum absolute atomic E-state index is 12.6. The number of benzene rings is 2. The van der Waals surface area contributed by atoms with E-state index in [0.717, 1.165) is 54.7 Å². The summed E-state index contributed by atoms with van der Waals surface area (Å²) in [5.74, 6) is 0.801. The summed E-state index contributed by atoms with van der Waals surface area (Å²) in [6, 6.07) is 10.1. The number of hydrogen-bond acceptors (Lipinski definition) is 5. The van der Waals surface area contributed by atoms with Gasteiger partial charge in [-0.2, -0.15) is 13.2 Å². The number of carbonyl (C=O) groups is 1. The monoisotopic (exact) mass is 489 g/mol. The second-order valence-corrected chi connectivity index (χ2v) is 8.30. The molecule has 7 nitrogen and oxygen atoms in total. The van der Waals surface area contributed by atoms with Crippen LogP contribution in [0, 0.1) is 5.92 Å². The molecule has 186 valence electrons. The highest BCUT2D eigenvalue weighted by atomic mass is 19.4. The molecule has 10 heteroatoms. The molecule has 1 aliphatic rings. The number of amides is 1. The molecule has 0 radical (unpaired) electrons. The number of nitrogens with one attached hydrogen (secondary N) is 2. The van der Waals surface area contributed by atoms with Crippen LogP contribution in [0.25, 0.3) is 10.9 Å². The topological polar surface area (TPSA) is 84.9 Å². The Morgan fingerprint density at radius 2 is 1.94 bits per heavy atom. The maximum atomic E-state index is 12.6. The first kappa shape index (κ1) is 24.6. The van der Waals surface area contributed by atoms with E-state index < -0.39 is 11.7 Å². The van der Waals surface area contributed by atoms with Crippen LogP contribution in [-0.2, 0) is 27.2 Å². The molecule has 1 aromatic heterocycles. The molecule has 0 saturated carbocycles. The molecule has 0 unspecified atom stereocenters. The lowest BCUT2D eigenvalue weighted by atomic mass is 10.0. The molecule has 1 saturated heterocycles. The minimum Gasteiger partial charge on any atom is -0.484 e. The van der Waals surface area contributed by atoms with Crippen LogP contribution in [0.2, 0.25) is 0 Å². The summed E-state index contributed by atoms with van der Waals surface area (Å²) in [5.41, 5.74) is 1.45. The number of aromatic amines is 1. The lowest BCUT2D eigenvalue weighted by Crippen LogP contribution is -2.35. The van der Waals surface area contributed by atoms with Crippen LogP contribution in [0.3, 0.4) is 0 Å². The fourth-order valence-corrected chi connectivity index (χ4v) is 3.72. The Hall–Kier alpha value is -3.53. The first-order valence-corrected chi connectivity index (χ1v) is 11.3. The van der Waals surface area contributed by atoms with Crippen molar-refractivity contribution in [2.75, 3.05) is 26.4 Å². The van der Waals surface area contributed by atoms with E-state index in [1.807, 2.05) is 6.07 Å². The van der Waals surface area contributed by atoms with Crippen molar-refractivity contribution in [2.45, 2.75) is 25.6 Å². The minimum atomic E-state index is -4.37. The zero-order valence-corrected chi connectivity index (χ0v) is 18.9. The summed E-state index contributed by atoms with van der Waals surface area (Å²) in [7, 11) is 0. The first-order valence-electron chi connectivity index (χ1n) is 11.3. The number of oxime groups is 1. The Kier molecular flexibility index (Phi) is 7.91. The quantitative estimate of drug-likeness (QED) is 0.338. The summed E-state index contributed by atoms with van der Waals surface area (Å²) in [5, 5.41) is 7.65. The van der Waals surface area contributed by atoms with Gasteiger partial charge in [0, 0.05) is 42.4 Å². The van der Waals surface area contributed by atoms with Crippen LogP contribution in [0.1, 0.15) is 29.5 Å². The summed E-state index contributed by atoms with van der Waals surface area (Å²) in [6.45, 7) is 2.04. The Morgan fingerprint density at radius 1 is 1.17 bits per heavy atom. The van der Waals surface area contributed by atoms with Crippen molar-refractivity contribution in [3.05, 3.63) is 65.4 Å². The summed E-state index contributed by atoms with van der Waals surface area (Å²) >= 11 is 0. The Balaban J connectivity index is 1.28. The lowest BCUT2D eigenvalue weighted by Gasteiger charge is -2.22. The standard InChI is InChI=1S/C25H26F3N3O4/c26-25(27,28)20-3-1-18(2-4-20)15-35-31-14-19-13-29-23-6-5-21(11-22(19)23)34-16-24(32)30-12-17-7-9-33-10-8-17/h1-6,11,13-14,17,29H,7-10,12,15-16H2,(H,30,32)/b31-14+. The average Bonchev–Trinajstić information content (AvgIpc) is 3.26. The number of nitrogens with zero attached hydrogens (tertiary/aromatic N) is 1. The number of aromatic nitrogens is 1. The van der Waals surface area contributed by atoms with E-state index in [4.69, 9.17) is 14.3 Å². The second-order valence-electron chi connectivity index (χ2n) is 8.30. The van der Waals surface area contributed by atoms with E-state index in [1.165, 1.54) is 18.3 Å². The number of ether oxygens (including phenoxy) is 2. The van der Waals surface area contributed by atoms with Gasteiger partial charge in [0.05, 0.1) is 11.8 Å². The molecule has 2 N–H and O–H groups in total. The van der Waals surface area contributed by atoms with Crippen molar-refractivity contribution < 1.29 is 32.3 Å². The maximum Gasteiger partial charge on any atom is 0.416 e. The van der Waals surface area contributed by atoms with Crippen molar-refractivity contribution in [2.24, 2.45) is 11.1 Å². The SMILES string of the molecule is O=C(COc1ccc2[nH]cc(/C=N/OCc3ccc(C(F)(F)F)cc3)c2c1)NCC1CCOCC1. The van der Waals surface area contributed by atoms with E-state index in [0.29, 0.717) is 23.8 Å². The highest BCUT2D eigenvalue weighted by Gasteiger charge is 2.29. The smallest absolute Gasteiger partial charge is 0.416 e.